The quantitative estimate of drug-likeness (QED) is 0.0274. The smallest absolute Gasteiger partial charge is 0.462 e. The predicted octanol–water partition coefficient (Wildman–Crippen LogP) is 13.4. The van der Waals surface area contributed by atoms with Crippen molar-refractivity contribution in [3.05, 3.63) is 12.2 Å². The van der Waals surface area contributed by atoms with Gasteiger partial charge < -0.3 is 19.3 Å². The first-order valence-corrected chi connectivity index (χ1v) is 23.5. The molecular formula is C43H83O8P. The van der Waals surface area contributed by atoms with E-state index in [2.05, 4.69) is 30.5 Å². The van der Waals surface area contributed by atoms with E-state index in [1.807, 2.05) is 0 Å². The lowest BCUT2D eigenvalue weighted by Crippen LogP contribution is -2.29. The molecule has 0 aromatic rings. The van der Waals surface area contributed by atoms with Crippen LogP contribution in [0.15, 0.2) is 12.2 Å². The van der Waals surface area contributed by atoms with Crippen molar-refractivity contribution in [3.8, 4) is 0 Å². The van der Waals surface area contributed by atoms with Crippen LogP contribution in [0.3, 0.4) is 0 Å². The fourth-order valence-corrected chi connectivity index (χ4v) is 6.85. The van der Waals surface area contributed by atoms with Crippen LogP contribution in [0.5, 0.6) is 0 Å². The molecule has 0 bridgehead atoms. The van der Waals surface area contributed by atoms with Gasteiger partial charge in [-0.1, -0.05) is 193 Å². The van der Waals surface area contributed by atoms with Crippen LogP contribution in [-0.2, 0) is 28.2 Å². The van der Waals surface area contributed by atoms with Crippen LogP contribution >= 0.6 is 7.82 Å². The number of ether oxygens (including phenoxy) is 2. The zero-order valence-electron chi connectivity index (χ0n) is 34.0. The van der Waals surface area contributed by atoms with Crippen molar-refractivity contribution in [2.75, 3.05) is 13.2 Å². The molecule has 308 valence electrons. The first-order valence-electron chi connectivity index (χ1n) is 22.0. The highest BCUT2D eigenvalue weighted by Crippen LogP contribution is 2.36. The monoisotopic (exact) mass is 759 g/mol. The summed E-state index contributed by atoms with van der Waals surface area (Å²) >= 11 is 0. The molecule has 0 radical (unpaired) electrons. The van der Waals surface area contributed by atoms with Crippen LogP contribution in [-0.4, -0.2) is 41.0 Å². The molecule has 0 saturated heterocycles. The maximum atomic E-state index is 12.4. The van der Waals surface area contributed by atoms with Crippen LogP contribution in [0.25, 0.3) is 0 Å². The largest absolute Gasteiger partial charge is 0.469 e. The van der Waals surface area contributed by atoms with Gasteiger partial charge in [-0.15, -0.1) is 0 Å². The number of esters is 2. The predicted molar refractivity (Wildman–Crippen MR) is 216 cm³/mol. The fourth-order valence-electron chi connectivity index (χ4n) is 6.49. The second kappa shape index (κ2) is 39.5. The molecule has 0 aliphatic rings. The molecule has 9 heteroatoms. The van der Waals surface area contributed by atoms with E-state index in [9.17, 15) is 14.2 Å². The van der Waals surface area contributed by atoms with E-state index in [4.69, 9.17) is 19.3 Å². The summed E-state index contributed by atoms with van der Waals surface area (Å²) in [4.78, 5) is 42.9. The highest BCUT2D eigenvalue weighted by atomic mass is 31.2. The van der Waals surface area contributed by atoms with E-state index in [0.717, 1.165) is 44.9 Å². The van der Waals surface area contributed by atoms with Crippen LogP contribution in [0.4, 0.5) is 0 Å². The molecule has 0 heterocycles. The second-order valence-electron chi connectivity index (χ2n) is 15.0. The highest BCUT2D eigenvalue weighted by Gasteiger charge is 2.22. The number of carbonyl (C=O) groups excluding carboxylic acids is 2. The summed E-state index contributed by atoms with van der Waals surface area (Å²) in [5.41, 5.74) is 0. The zero-order chi connectivity index (χ0) is 38.2. The fraction of sp³-hybridized carbons (Fsp3) is 0.907. The Morgan fingerprint density at radius 3 is 1.19 bits per heavy atom. The molecule has 0 unspecified atom stereocenters. The van der Waals surface area contributed by atoms with Gasteiger partial charge in [0.2, 0.25) is 0 Å². The third kappa shape index (κ3) is 41.5. The van der Waals surface area contributed by atoms with Gasteiger partial charge in [0, 0.05) is 12.8 Å². The minimum atomic E-state index is -4.75. The molecule has 2 N–H and O–H groups in total. The number of phosphoric acid groups is 1. The lowest BCUT2D eigenvalue weighted by molar-refractivity contribution is -0.161. The van der Waals surface area contributed by atoms with Crippen LogP contribution in [0.2, 0.25) is 0 Å². The lowest BCUT2D eigenvalue weighted by Gasteiger charge is -2.18. The van der Waals surface area contributed by atoms with Gasteiger partial charge in [0.1, 0.15) is 6.61 Å². The Bertz CT molecular complexity index is 858. The minimum absolute atomic E-state index is 0.217. The number of unbranched alkanes of at least 4 members (excludes halogenated alkanes) is 29. The third-order valence-electron chi connectivity index (χ3n) is 9.78. The van der Waals surface area contributed by atoms with Gasteiger partial charge >= 0.3 is 19.8 Å². The normalized spacial score (nSPS) is 12.5. The first kappa shape index (κ1) is 50.8. The second-order valence-corrected chi connectivity index (χ2v) is 16.3. The molecule has 0 fully saturated rings. The molecule has 0 amide bonds. The number of hydrogen-bond donors (Lipinski definition) is 2. The summed E-state index contributed by atoms with van der Waals surface area (Å²) in [5.74, 6) is -0.877. The lowest BCUT2D eigenvalue weighted by atomic mass is 10.0. The van der Waals surface area contributed by atoms with E-state index in [0.29, 0.717) is 6.42 Å². The molecule has 0 rings (SSSR count). The van der Waals surface area contributed by atoms with Crippen molar-refractivity contribution >= 4 is 19.8 Å². The summed E-state index contributed by atoms with van der Waals surface area (Å²) in [6, 6.07) is 0. The average molecular weight is 759 g/mol. The van der Waals surface area contributed by atoms with Crippen molar-refractivity contribution in [3.63, 3.8) is 0 Å². The Kier molecular flexibility index (Phi) is 38.6. The Hall–Kier alpha value is -1.21. The van der Waals surface area contributed by atoms with Gasteiger partial charge in [-0.05, 0) is 38.5 Å². The van der Waals surface area contributed by atoms with Crippen LogP contribution < -0.4 is 0 Å². The number of carbonyl (C=O) groups is 2. The third-order valence-corrected chi connectivity index (χ3v) is 10.3. The number of rotatable bonds is 41. The Balaban J connectivity index is 3.85. The minimum Gasteiger partial charge on any atom is -0.462 e. The summed E-state index contributed by atoms with van der Waals surface area (Å²) in [6.45, 7) is 3.70. The maximum absolute atomic E-state index is 12.4. The molecule has 0 aliphatic heterocycles. The van der Waals surface area contributed by atoms with E-state index in [1.165, 1.54) is 154 Å². The van der Waals surface area contributed by atoms with Gasteiger partial charge in [-0.25, -0.2) is 4.57 Å². The topological polar surface area (TPSA) is 119 Å². The molecule has 1 atom stereocenters. The summed E-state index contributed by atoms with van der Waals surface area (Å²) in [5, 5.41) is 0. The zero-order valence-corrected chi connectivity index (χ0v) is 34.9. The standard InChI is InChI=1S/C43H83O8P/c1-3-5-7-9-11-13-15-17-19-20-21-22-24-26-28-30-32-34-36-38-43(45)51-41(40-50-52(46,47)48)39-49-42(44)37-35-33-31-29-27-25-23-18-16-14-12-10-8-6-4-2/h14,16,41H,3-13,15,17-40H2,1-2H3,(H2,46,47,48)/b16-14-/t41-/m1/s1. The van der Waals surface area contributed by atoms with Crippen LogP contribution in [0, 0.1) is 0 Å². The molecule has 0 spiro atoms. The molecule has 8 nitrogen and oxygen atoms in total. The van der Waals surface area contributed by atoms with Gasteiger partial charge in [0.25, 0.3) is 0 Å². The van der Waals surface area contributed by atoms with E-state index >= 15 is 0 Å². The molecular weight excluding hydrogens is 675 g/mol. The van der Waals surface area contributed by atoms with Gasteiger partial charge in [-0.3, -0.25) is 14.1 Å². The van der Waals surface area contributed by atoms with Crippen LogP contribution in [0.1, 0.15) is 232 Å². The van der Waals surface area contributed by atoms with E-state index < -0.39 is 32.5 Å². The molecule has 0 aromatic heterocycles. The SMILES string of the molecule is CCCCCC/C=C\CCCCCCCCCC(=O)OC[C@H](COP(=O)(O)O)OC(=O)CCCCCCCCCCCCCCCCCCCCC. The highest BCUT2D eigenvalue weighted by molar-refractivity contribution is 7.46. The molecule has 0 saturated carbocycles. The molecule has 0 aliphatic carbocycles. The van der Waals surface area contributed by atoms with E-state index in [1.54, 1.807) is 0 Å². The first-order chi connectivity index (χ1) is 25.3. The summed E-state index contributed by atoms with van der Waals surface area (Å²) in [6.07, 6.45) is 43.6. The van der Waals surface area contributed by atoms with Crippen molar-refractivity contribution in [1.29, 1.82) is 0 Å². The van der Waals surface area contributed by atoms with Gasteiger partial charge in [0.15, 0.2) is 6.10 Å². The molecule has 52 heavy (non-hydrogen) atoms. The van der Waals surface area contributed by atoms with Gasteiger partial charge in [0.05, 0.1) is 6.61 Å². The Labute approximate surface area is 320 Å². The molecule has 0 aromatic carbocycles. The number of phosphoric ester groups is 1. The average Bonchev–Trinajstić information content (AvgIpc) is 3.11. The van der Waals surface area contributed by atoms with Gasteiger partial charge in [-0.2, -0.15) is 0 Å². The summed E-state index contributed by atoms with van der Waals surface area (Å²) in [7, 11) is -4.75. The van der Waals surface area contributed by atoms with Crippen molar-refractivity contribution in [2.24, 2.45) is 0 Å². The number of hydrogen-bond acceptors (Lipinski definition) is 6. The number of allylic oxidation sites excluding steroid dienone is 2. The Morgan fingerprint density at radius 2 is 0.808 bits per heavy atom. The summed E-state index contributed by atoms with van der Waals surface area (Å²) < 4.78 is 26.4. The van der Waals surface area contributed by atoms with Crippen molar-refractivity contribution < 1.29 is 37.9 Å². The Morgan fingerprint density at radius 1 is 0.481 bits per heavy atom. The van der Waals surface area contributed by atoms with E-state index in [-0.39, 0.29) is 19.4 Å². The maximum Gasteiger partial charge on any atom is 0.469 e. The van der Waals surface area contributed by atoms with Crippen molar-refractivity contribution in [2.45, 2.75) is 238 Å². The van der Waals surface area contributed by atoms with Crippen molar-refractivity contribution in [1.82, 2.24) is 0 Å².